The van der Waals surface area contributed by atoms with E-state index in [1.807, 2.05) is 6.07 Å². The number of halogens is 2. The Labute approximate surface area is 144 Å². The molecule has 0 aromatic heterocycles. The molecule has 0 saturated carbocycles. The minimum absolute atomic E-state index is 0.0946. The third-order valence-corrected chi connectivity index (χ3v) is 3.98. The van der Waals surface area contributed by atoms with Gasteiger partial charge in [0.2, 0.25) is 11.8 Å². The molecule has 0 unspecified atom stereocenters. The second-order valence-electron chi connectivity index (χ2n) is 5.15. The van der Waals surface area contributed by atoms with Crippen molar-refractivity contribution in [3.8, 4) is 0 Å². The summed E-state index contributed by atoms with van der Waals surface area (Å²) in [6, 6.07) is 5.29. The lowest BCUT2D eigenvalue weighted by Crippen LogP contribution is -2.30. The molecule has 1 aromatic carbocycles. The van der Waals surface area contributed by atoms with Crippen LogP contribution in [0.25, 0.3) is 0 Å². The van der Waals surface area contributed by atoms with Gasteiger partial charge in [-0.1, -0.05) is 23.2 Å². The van der Waals surface area contributed by atoms with Crippen LogP contribution in [0.3, 0.4) is 0 Å². The Morgan fingerprint density at radius 3 is 2.78 bits per heavy atom. The van der Waals surface area contributed by atoms with Crippen molar-refractivity contribution in [1.82, 2.24) is 10.6 Å². The molecule has 0 spiro atoms. The number of carbonyl (C=O) groups is 2. The molecule has 1 aliphatic rings. The van der Waals surface area contributed by atoms with Gasteiger partial charge in [0.15, 0.2) is 0 Å². The Morgan fingerprint density at radius 2 is 2.09 bits per heavy atom. The van der Waals surface area contributed by atoms with E-state index in [1.165, 1.54) is 6.92 Å². The van der Waals surface area contributed by atoms with Crippen molar-refractivity contribution in [3.63, 3.8) is 0 Å². The van der Waals surface area contributed by atoms with E-state index in [0.29, 0.717) is 48.2 Å². The van der Waals surface area contributed by atoms with Crippen molar-refractivity contribution >= 4 is 46.5 Å². The number of hydrogen-bond acceptors (Lipinski definition) is 4. The largest absolute Gasteiger partial charge is 0.356 e. The Balaban J connectivity index is 1.83. The Morgan fingerprint density at radius 1 is 1.30 bits per heavy atom. The summed E-state index contributed by atoms with van der Waals surface area (Å²) in [6.45, 7) is 2.61. The van der Waals surface area contributed by atoms with Gasteiger partial charge in [-0.15, -0.1) is 0 Å². The molecule has 1 heterocycles. The van der Waals surface area contributed by atoms with Crippen molar-refractivity contribution in [2.45, 2.75) is 26.2 Å². The lowest BCUT2D eigenvalue weighted by Gasteiger charge is -2.13. The van der Waals surface area contributed by atoms with Crippen LogP contribution in [0.15, 0.2) is 23.3 Å². The maximum atomic E-state index is 11.8. The molecular weight excluding hydrogens is 339 g/mol. The summed E-state index contributed by atoms with van der Waals surface area (Å²) in [6.07, 6.45) is 1.58. The molecule has 23 heavy (non-hydrogen) atoms. The highest BCUT2D eigenvalue weighted by Crippen LogP contribution is 2.28. The highest BCUT2D eigenvalue weighted by Gasteiger charge is 2.18. The normalized spacial score (nSPS) is 13.7. The Hall–Kier alpha value is -1.79. The number of nitrogens with zero attached hydrogens (tertiary/aromatic N) is 2. The minimum Gasteiger partial charge on any atom is -0.356 e. The second kappa shape index (κ2) is 8.17. The Kier molecular flexibility index (Phi) is 6.24. The van der Waals surface area contributed by atoms with Crippen LogP contribution in [0.1, 0.15) is 26.2 Å². The number of anilines is 1. The fourth-order valence-corrected chi connectivity index (χ4v) is 2.41. The molecule has 1 aromatic rings. The molecule has 0 saturated heterocycles. The van der Waals surface area contributed by atoms with Gasteiger partial charge in [0, 0.05) is 32.9 Å². The smallest absolute Gasteiger partial charge is 0.225 e. The van der Waals surface area contributed by atoms with Crippen LogP contribution in [0.5, 0.6) is 0 Å². The third-order valence-electron chi connectivity index (χ3n) is 3.24. The maximum Gasteiger partial charge on any atom is 0.225 e. The van der Waals surface area contributed by atoms with E-state index >= 15 is 0 Å². The van der Waals surface area contributed by atoms with Crippen molar-refractivity contribution in [1.29, 1.82) is 0 Å². The molecule has 1 aliphatic heterocycles. The highest BCUT2D eigenvalue weighted by molar-refractivity contribution is 6.42. The van der Waals surface area contributed by atoms with E-state index in [-0.39, 0.29) is 11.8 Å². The number of nitrogens with one attached hydrogen (secondary N) is 2. The fourth-order valence-electron chi connectivity index (χ4n) is 2.11. The second-order valence-corrected chi connectivity index (χ2v) is 5.97. The molecule has 0 fully saturated rings. The average molecular weight is 357 g/mol. The van der Waals surface area contributed by atoms with Gasteiger partial charge in [-0.2, -0.15) is 5.10 Å². The first-order valence-electron chi connectivity index (χ1n) is 7.30. The molecular formula is C15H18Cl2N4O2. The van der Waals surface area contributed by atoms with E-state index in [0.717, 1.165) is 5.69 Å². The zero-order valence-corrected chi connectivity index (χ0v) is 14.2. The van der Waals surface area contributed by atoms with E-state index < -0.39 is 0 Å². The number of hydrazone groups is 1. The molecule has 0 radical (unpaired) electrons. The first-order valence-corrected chi connectivity index (χ1v) is 8.05. The summed E-state index contributed by atoms with van der Waals surface area (Å²) >= 11 is 11.9. The Bertz CT molecular complexity index is 634. The first kappa shape index (κ1) is 17.6. The predicted molar refractivity (Wildman–Crippen MR) is 91.9 cm³/mol. The predicted octanol–water partition coefficient (Wildman–Crippen LogP) is 2.55. The number of benzene rings is 1. The molecule has 0 bridgehead atoms. The number of hydrogen-bond donors (Lipinski definition) is 2. The van der Waals surface area contributed by atoms with Gasteiger partial charge in [-0.05, 0) is 24.6 Å². The van der Waals surface area contributed by atoms with Crippen molar-refractivity contribution < 1.29 is 9.59 Å². The SMILES string of the molecule is CC(=O)NCCCC(=O)NC1=NN(c2ccc(Cl)c(Cl)c2)CC1. The number of rotatable bonds is 5. The first-order chi connectivity index (χ1) is 11.0. The highest BCUT2D eigenvalue weighted by atomic mass is 35.5. The molecule has 6 nitrogen and oxygen atoms in total. The van der Waals surface area contributed by atoms with Gasteiger partial charge in [0.25, 0.3) is 0 Å². The molecule has 124 valence electrons. The van der Waals surface area contributed by atoms with E-state index in [9.17, 15) is 9.59 Å². The summed E-state index contributed by atoms with van der Waals surface area (Å²) in [4.78, 5) is 22.6. The zero-order valence-electron chi connectivity index (χ0n) is 12.7. The van der Waals surface area contributed by atoms with Crippen molar-refractivity contribution in [3.05, 3.63) is 28.2 Å². The molecule has 0 atom stereocenters. The lowest BCUT2D eigenvalue weighted by molar-refractivity contribution is -0.121. The van der Waals surface area contributed by atoms with Crippen LogP contribution < -0.4 is 15.6 Å². The quantitative estimate of drug-likeness (QED) is 0.796. The monoisotopic (exact) mass is 356 g/mol. The minimum atomic E-state index is -0.106. The van der Waals surface area contributed by atoms with Gasteiger partial charge >= 0.3 is 0 Å². The summed E-state index contributed by atoms with van der Waals surface area (Å²) in [5.41, 5.74) is 0.828. The van der Waals surface area contributed by atoms with Gasteiger partial charge in [0.1, 0.15) is 5.84 Å². The van der Waals surface area contributed by atoms with Crippen molar-refractivity contribution in [2.24, 2.45) is 5.10 Å². The molecule has 2 N–H and O–H groups in total. The van der Waals surface area contributed by atoms with E-state index in [4.69, 9.17) is 23.2 Å². The standard InChI is InChI=1S/C15H18Cl2N4O2/c1-10(22)18-7-2-3-15(23)19-14-6-8-21(20-14)11-4-5-12(16)13(17)9-11/h4-5,9H,2-3,6-8H2,1H3,(H,18,22)(H,19,20,23). The van der Waals surface area contributed by atoms with Crippen molar-refractivity contribution in [2.75, 3.05) is 18.1 Å². The van der Waals surface area contributed by atoms with Crippen LogP contribution in [0.2, 0.25) is 10.0 Å². The van der Waals surface area contributed by atoms with E-state index in [2.05, 4.69) is 15.7 Å². The summed E-state index contributed by atoms with van der Waals surface area (Å²) in [7, 11) is 0. The van der Waals surface area contributed by atoms with Crippen LogP contribution in [-0.2, 0) is 9.59 Å². The van der Waals surface area contributed by atoms with Crippen LogP contribution in [0.4, 0.5) is 5.69 Å². The van der Waals surface area contributed by atoms with Crippen LogP contribution in [0, 0.1) is 0 Å². The van der Waals surface area contributed by atoms with Crippen LogP contribution >= 0.6 is 23.2 Å². The van der Waals surface area contributed by atoms with Crippen LogP contribution in [-0.4, -0.2) is 30.7 Å². The van der Waals surface area contributed by atoms with Gasteiger partial charge in [-0.25, -0.2) is 0 Å². The summed E-state index contributed by atoms with van der Waals surface area (Å²) in [5, 5.41) is 12.5. The summed E-state index contributed by atoms with van der Waals surface area (Å²) in [5.74, 6) is 0.425. The molecule has 8 heteroatoms. The summed E-state index contributed by atoms with van der Waals surface area (Å²) < 4.78 is 0. The fraction of sp³-hybridized carbons (Fsp3) is 0.400. The molecule has 0 aliphatic carbocycles. The molecule has 2 amide bonds. The number of carbonyl (C=O) groups excluding carboxylic acids is 2. The number of amidine groups is 1. The average Bonchev–Trinajstić information content (AvgIpc) is 2.95. The maximum absolute atomic E-state index is 11.8. The van der Waals surface area contributed by atoms with Gasteiger partial charge in [-0.3, -0.25) is 14.6 Å². The molecule has 2 rings (SSSR count). The van der Waals surface area contributed by atoms with E-state index in [1.54, 1.807) is 17.1 Å². The number of amides is 2. The lowest BCUT2D eigenvalue weighted by atomic mass is 10.3. The topological polar surface area (TPSA) is 73.8 Å². The third kappa shape index (κ3) is 5.41. The zero-order chi connectivity index (χ0) is 16.8. The van der Waals surface area contributed by atoms with Gasteiger partial charge < -0.3 is 10.6 Å². The van der Waals surface area contributed by atoms with Gasteiger partial charge in [0.05, 0.1) is 15.7 Å².